The number of rotatable bonds is 5. The first kappa shape index (κ1) is 21.8. The third kappa shape index (κ3) is 4.16. The number of anilines is 2. The first-order chi connectivity index (χ1) is 15.5. The number of imide groups is 2. The number of barbiturate groups is 1. The first-order valence-electron chi connectivity index (χ1n) is 9.98. The van der Waals surface area contributed by atoms with E-state index in [4.69, 9.17) is 4.74 Å². The summed E-state index contributed by atoms with van der Waals surface area (Å²) in [5.41, 5.74) is 1.34. The van der Waals surface area contributed by atoms with Gasteiger partial charge in [0.05, 0.1) is 21.6 Å². The van der Waals surface area contributed by atoms with E-state index in [9.17, 15) is 14.4 Å². The number of ether oxygens (including phenoxy) is 1. The van der Waals surface area contributed by atoms with Gasteiger partial charge in [0.25, 0.3) is 11.8 Å². The highest BCUT2D eigenvalue weighted by Gasteiger charge is 2.43. The molecule has 4 amide bonds. The van der Waals surface area contributed by atoms with E-state index < -0.39 is 17.8 Å². The van der Waals surface area contributed by atoms with Crippen molar-refractivity contribution in [2.45, 2.75) is 6.92 Å². The van der Waals surface area contributed by atoms with Crippen LogP contribution in [0.3, 0.4) is 0 Å². The van der Waals surface area contributed by atoms with Gasteiger partial charge in [0, 0.05) is 0 Å². The summed E-state index contributed by atoms with van der Waals surface area (Å²) in [6, 6.07) is 21.8. The monoisotopic (exact) mass is 538 g/mol. The summed E-state index contributed by atoms with van der Waals surface area (Å²) in [6.07, 6.45) is 1.51. The molecule has 0 atom stereocenters. The lowest BCUT2D eigenvalue weighted by Crippen LogP contribution is -2.57. The average molecular weight is 538 g/mol. The number of halogens is 1. The van der Waals surface area contributed by atoms with Crippen LogP contribution in [0.25, 0.3) is 6.08 Å². The Bertz CT molecular complexity index is 1150. The number of nitrogens with zero attached hydrogens (tertiary/aromatic N) is 2. The van der Waals surface area contributed by atoms with E-state index in [1.807, 2.05) is 13.0 Å². The molecule has 4 rings (SSSR count). The molecule has 0 spiro atoms. The summed E-state index contributed by atoms with van der Waals surface area (Å²) in [5.74, 6) is -0.604. The van der Waals surface area contributed by atoms with Crippen molar-refractivity contribution < 1.29 is 19.1 Å². The Morgan fingerprint density at radius 1 is 0.812 bits per heavy atom. The second kappa shape index (κ2) is 9.35. The third-order valence-corrected chi connectivity index (χ3v) is 5.69. The normalized spacial score (nSPS) is 14.1. The zero-order valence-corrected chi connectivity index (χ0v) is 19.4. The van der Waals surface area contributed by atoms with Crippen molar-refractivity contribution in [2.24, 2.45) is 0 Å². The summed E-state index contributed by atoms with van der Waals surface area (Å²) < 4.78 is 6.42. The van der Waals surface area contributed by atoms with Crippen molar-refractivity contribution >= 4 is 57.9 Å². The van der Waals surface area contributed by atoms with Crippen LogP contribution in [0.4, 0.5) is 16.2 Å². The number of para-hydroxylation sites is 2. The van der Waals surface area contributed by atoms with Gasteiger partial charge in [-0.15, -0.1) is 0 Å². The molecule has 1 fully saturated rings. The lowest BCUT2D eigenvalue weighted by atomic mass is 10.0. The molecule has 160 valence electrons. The summed E-state index contributed by atoms with van der Waals surface area (Å²) in [6.45, 7) is 2.44. The van der Waals surface area contributed by atoms with Gasteiger partial charge < -0.3 is 4.74 Å². The minimum atomic E-state index is -0.712. The highest BCUT2D eigenvalue weighted by Crippen LogP contribution is 2.30. The van der Waals surface area contributed by atoms with Gasteiger partial charge in [0.1, 0.15) is 11.3 Å². The van der Waals surface area contributed by atoms with Crippen LogP contribution >= 0.6 is 22.6 Å². The topological polar surface area (TPSA) is 66.9 Å². The fourth-order valence-corrected chi connectivity index (χ4v) is 4.08. The molecule has 1 aliphatic heterocycles. The summed E-state index contributed by atoms with van der Waals surface area (Å²) in [5, 5.41) is 0. The van der Waals surface area contributed by atoms with Crippen LogP contribution in [0, 0.1) is 3.57 Å². The predicted molar refractivity (Wildman–Crippen MR) is 132 cm³/mol. The van der Waals surface area contributed by atoms with Gasteiger partial charge in [0.15, 0.2) is 0 Å². The zero-order chi connectivity index (χ0) is 22.7. The van der Waals surface area contributed by atoms with Crippen LogP contribution in [0.5, 0.6) is 5.75 Å². The van der Waals surface area contributed by atoms with Crippen molar-refractivity contribution in [1.82, 2.24) is 0 Å². The number of urea groups is 1. The molecule has 0 saturated carbocycles. The van der Waals surface area contributed by atoms with Gasteiger partial charge in [-0.05, 0) is 77.6 Å². The van der Waals surface area contributed by atoms with Crippen LogP contribution in [-0.2, 0) is 9.59 Å². The summed E-state index contributed by atoms with van der Waals surface area (Å²) in [4.78, 5) is 42.0. The molecule has 0 unspecified atom stereocenters. The predicted octanol–water partition coefficient (Wildman–Crippen LogP) is 5.27. The number of hydrogen-bond donors (Lipinski definition) is 0. The van der Waals surface area contributed by atoms with Gasteiger partial charge in [-0.2, -0.15) is 0 Å². The van der Waals surface area contributed by atoms with Crippen LogP contribution in [0.2, 0.25) is 0 Å². The van der Waals surface area contributed by atoms with Crippen LogP contribution in [0.1, 0.15) is 12.5 Å². The van der Waals surface area contributed by atoms with Gasteiger partial charge >= 0.3 is 6.03 Å². The Morgan fingerprint density at radius 3 is 1.81 bits per heavy atom. The number of carbonyl (C=O) groups excluding carboxylic acids is 3. The van der Waals surface area contributed by atoms with E-state index in [2.05, 4.69) is 22.6 Å². The Balaban J connectivity index is 1.82. The van der Waals surface area contributed by atoms with Crippen LogP contribution < -0.4 is 14.5 Å². The van der Waals surface area contributed by atoms with Crippen molar-refractivity contribution in [3.05, 3.63) is 93.6 Å². The number of carbonyl (C=O) groups is 3. The van der Waals surface area contributed by atoms with Gasteiger partial charge in [-0.3, -0.25) is 9.59 Å². The Labute approximate surface area is 199 Å². The molecule has 0 N–H and O–H groups in total. The second-order valence-electron chi connectivity index (χ2n) is 6.92. The molecule has 1 saturated heterocycles. The van der Waals surface area contributed by atoms with Gasteiger partial charge in [-0.25, -0.2) is 14.6 Å². The Morgan fingerprint density at radius 2 is 1.34 bits per heavy atom. The molecule has 32 heavy (non-hydrogen) atoms. The van der Waals surface area contributed by atoms with Crippen LogP contribution in [-0.4, -0.2) is 24.5 Å². The highest BCUT2D eigenvalue weighted by molar-refractivity contribution is 14.1. The molecule has 1 heterocycles. The van der Waals surface area contributed by atoms with E-state index in [1.54, 1.807) is 72.8 Å². The minimum absolute atomic E-state index is 0.0998. The Hall–Kier alpha value is -3.46. The molecule has 7 heteroatoms. The molecule has 6 nitrogen and oxygen atoms in total. The minimum Gasteiger partial charge on any atom is -0.493 e. The fraction of sp³-hybridized carbons (Fsp3) is 0.0800. The molecular weight excluding hydrogens is 519 g/mol. The van der Waals surface area contributed by atoms with Crippen molar-refractivity contribution in [2.75, 3.05) is 16.4 Å². The van der Waals surface area contributed by atoms with E-state index in [1.165, 1.54) is 6.08 Å². The average Bonchev–Trinajstić information content (AvgIpc) is 2.80. The number of amides is 4. The van der Waals surface area contributed by atoms with Crippen molar-refractivity contribution in [1.29, 1.82) is 0 Å². The van der Waals surface area contributed by atoms with E-state index >= 15 is 0 Å². The molecule has 1 aliphatic rings. The smallest absolute Gasteiger partial charge is 0.343 e. The number of benzene rings is 3. The van der Waals surface area contributed by atoms with E-state index in [0.29, 0.717) is 23.5 Å². The van der Waals surface area contributed by atoms with E-state index in [0.717, 1.165) is 19.1 Å². The maximum Gasteiger partial charge on any atom is 0.343 e. The Kier molecular flexibility index (Phi) is 6.36. The lowest BCUT2D eigenvalue weighted by Gasteiger charge is -2.33. The van der Waals surface area contributed by atoms with E-state index in [-0.39, 0.29) is 5.57 Å². The molecular formula is C25H19IN2O4. The summed E-state index contributed by atoms with van der Waals surface area (Å²) in [7, 11) is 0. The van der Waals surface area contributed by atoms with Gasteiger partial charge in [-0.1, -0.05) is 42.5 Å². The molecule has 0 aliphatic carbocycles. The third-order valence-electron chi connectivity index (χ3n) is 4.85. The quantitative estimate of drug-likeness (QED) is 0.252. The SMILES string of the molecule is CCOc1ccc(C=C2C(=O)N(c3ccccc3)C(=O)N(c3ccccc3)C2=O)cc1I. The number of hydrogen-bond acceptors (Lipinski definition) is 4. The maximum atomic E-state index is 13.3. The largest absolute Gasteiger partial charge is 0.493 e. The zero-order valence-electron chi connectivity index (χ0n) is 17.2. The van der Waals surface area contributed by atoms with Crippen molar-refractivity contribution in [3.8, 4) is 5.75 Å². The van der Waals surface area contributed by atoms with Crippen LogP contribution in [0.15, 0.2) is 84.4 Å². The highest BCUT2D eigenvalue weighted by atomic mass is 127. The fourth-order valence-electron chi connectivity index (χ4n) is 3.39. The first-order valence-corrected chi connectivity index (χ1v) is 11.1. The molecule has 3 aromatic rings. The summed E-state index contributed by atoms with van der Waals surface area (Å²) >= 11 is 2.15. The molecule has 0 bridgehead atoms. The molecule has 0 radical (unpaired) electrons. The molecule has 0 aromatic heterocycles. The lowest BCUT2D eigenvalue weighted by molar-refractivity contribution is -0.121. The maximum absolute atomic E-state index is 13.3. The standard InChI is InChI=1S/C25H19IN2O4/c1-2-32-22-14-13-17(16-21(22)26)15-20-23(29)27(18-9-5-3-6-10-18)25(31)28(24(20)30)19-11-7-4-8-12-19/h3-16H,2H2,1H3. The second-order valence-corrected chi connectivity index (χ2v) is 8.08. The molecule has 3 aromatic carbocycles. The van der Waals surface area contributed by atoms with Gasteiger partial charge in [0.2, 0.25) is 0 Å². The van der Waals surface area contributed by atoms with Crippen molar-refractivity contribution in [3.63, 3.8) is 0 Å².